The van der Waals surface area contributed by atoms with Crippen molar-refractivity contribution in [2.24, 2.45) is 0 Å². The quantitative estimate of drug-likeness (QED) is 0.277. The van der Waals surface area contributed by atoms with Gasteiger partial charge in [-0.05, 0) is 59.2 Å². The maximum Gasteiger partial charge on any atom is 0.343 e. The van der Waals surface area contributed by atoms with E-state index in [0.29, 0.717) is 0 Å². The second-order valence-electron chi connectivity index (χ2n) is 11.9. The molecule has 0 bridgehead atoms. The molecule has 40 heavy (non-hydrogen) atoms. The summed E-state index contributed by atoms with van der Waals surface area (Å²) in [5, 5.41) is 0. The maximum atomic E-state index is 2.69. The summed E-state index contributed by atoms with van der Waals surface area (Å²) in [6.45, 7) is 0. The average molecular weight is 510 g/mol. The molecule has 4 aromatic carbocycles. The van der Waals surface area contributed by atoms with E-state index in [1.807, 2.05) is 0 Å². The average Bonchev–Trinajstić information content (AvgIpc) is 3.46. The van der Waals surface area contributed by atoms with Crippen molar-refractivity contribution in [3.63, 3.8) is 0 Å². The molecule has 188 valence electrons. The van der Waals surface area contributed by atoms with Crippen LogP contribution in [0.15, 0.2) is 146 Å². The van der Waals surface area contributed by atoms with Gasteiger partial charge in [-0.1, -0.05) is 109 Å². The van der Waals surface area contributed by atoms with E-state index in [9.17, 15) is 0 Å². The molecule has 0 atom stereocenters. The van der Waals surface area contributed by atoms with E-state index in [1.165, 1.54) is 55.5 Å². The van der Waals surface area contributed by atoms with Gasteiger partial charge in [0.25, 0.3) is 0 Å². The Balaban J connectivity index is 1.43. The van der Waals surface area contributed by atoms with Gasteiger partial charge in [-0.3, -0.25) is 0 Å². The molecule has 4 heteroatoms. The minimum atomic E-state index is -1.29. The van der Waals surface area contributed by atoms with Crippen LogP contribution in [0.1, 0.15) is 11.4 Å². The predicted octanol–water partition coefficient (Wildman–Crippen LogP) is 3.32. The summed E-state index contributed by atoms with van der Waals surface area (Å²) >= 11 is 0. The van der Waals surface area contributed by atoms with Crippen LogP contribution in [0.2, 0.25) is 0 Å². The number of aromatic nitrogens is 2. The molecular formula is C36H28B2N2. The van der Waals surface area contributed by atoms with E-state index in [0.717, 1.165) is 12.6 Å². The van der Waals surface area contributed by atoms with Crippen LogP contribution >= 0.6 is 0 Å². The molecule has 0 fully saturated rings. The molecule has 0 aliphatic carbocycles. The first-order valence-electron chi connectivity index (χ1n) is 14.5. The van der Waals surface area contributed by atoms with E-state index >= 15 is 0 Å². The Kier molecular flexibility index (Phi) is 4.39. The van der Waals surface area contributed by atoms with Crippen LogP contribution < -0.4 is 30.8 Å². The minimum Gasteiger partial charge on any atom is -0.418 e. The standard InChI is InChI=1S/C36H28B2N2/c1-5-19-33-29(15-1)30-16-2-6-20-34(30)37(33)25-27-13-10-12-24-40(27)38(26-28-14-9-11-23-39(28)37)35-21-7-3-17-31(35)32-18-4-8-22-36(32)38/h1-24H,25-26H2. The van der Waals surface area contributed by atoms with Crippen molar-refractivity contribution in [2.45, 2.75) is 12.6 Å². The zero-order valence-corrected chi connectivity index (χ0v) is 22.3. The van der Waals surface area contributed by atoms with Crippen molar-refractivity contribution in [3.05, 3.63) is 157 Å². The summed E-state index contributed by atoms with van der Waals surface area (Å²) in [7, 11) is 0. The second kappa shape index (κ2) is 7.92. The molecule has 0 saturated heterocycles. The highest BCUT2D eigenvalue weighted by Crippen LogP contribution is 2.32. The minimum absolute atomic E-state index is 0.935. The Morgan fingerprint density at radius 3 is 1.00 bits per heavy atom. The van der Waals surface area contributed by atoms with Crippen LogP contribution in [0, 0.1) is 0 Å². The molecule has 3 aliphatic heterocycles. The monoisotopic (exact) mass is 510 g/mol. The maximum absolute atomic E-state index is 2.69. The summed E-state index contributed by atoms with van der Waals surface area (Å²) in [6.07, 6.45) is 4.02. The lowest BCUT2D eigenvalue weighted by molar-refractivity contribution is -0.574. The molecule has 2 aromatic heterocycles. The molecule has 6 aromatic rings. The number of hydrogen-bond donors (Lipinski definition) is 0. The first-order valence-corrected chi connectivity index (χ1v) is 14.5. The SMILES string of the molecule is c1ccc2c(c1)-c1ccccc1[B-]21Cc2cccc[n+]2[B-]2(Cc3cccc[n+]31)c1ccccc1-c1ccccc12. The first-order chi connectivity index (χ1) is 19.8. The third-order valence-electron chi connectivity index (χ3n) is 10.4. The lowest BCUT2D eigenvalue weighted by Crippen LogP contribution is -2.86. The van der Waals surface area contributed by atoms with Gasteiger partial charge in [0.15, 0.2) is 0 Å². The fourth-order valence-electron chi connectivity index (χ4n) is 9.00. The normalized spacial score (nSPS) is 16.2. The molecule has 2 nitrogen and oxygen atoms in total. The summed E-state index contributed by atoms with van der Waals surface area (Å²) < 4.78 is 5.38. The van der Waals surface area contributed by atoms with Crippen LogP contribution in [0.4, 0.5) is 0 Å². The van der Waals surface area contributed by atoms with Crippen molar-refractivity contribution in [2.75, 3.05) is 0 Å². The summed E-state index contributed by atoms with van der Waals surface area (Å²) in [6, 6.07) is 50.2. The van der Waals surface area contributed by atoms with Crippen molar-refractivity contribution >= 4 is 34.4 Å². The Morgan fingerprint density at radius 2 is 0.650 bits per heavy atom. The molecule has 3 aliphatic rings. The van der Waals surface area contributed by atoms with Crippen molar-refractivity contribution in [1.29, 1.82) is 0 Å². The lowest BCUT2D eigenvalue weighted by Gasteiger charge is -2.42. The second-order valence-corrected chi connectivity index (χ2v) is 11.9. The highest BCUT2D eigenvalue weighted by atomic mass is 15.0. The van der Waals surface area contributed by atoms with Gasteiger partial charge in [0, 0.05) is 0 Å². The zero-order chi connectivity index (χ0) is 26.3. The highest BCUT2D eigenvalue weighted by molar-refractivity contribution is 7.00. The molecule has 2 spiro atoms. The van der Waals surface area contributed by atoms with Gasteiger partial charge in [-0.25, -0.2) is 0 Å². The van der Waals surface area contributed by atoms with Gasteiger partial charge in [0.05, 0.1) is 0 Å². The molecular weight excluding hydrogens is 482 g/mol. The van der Waals surface area contributed by atoms with E-state index < -0.39 is 12.6 Å². The Bertz CT molecular complexity index is 1760. The molecule has 5 heterocycles. The smallest absolute Gasteiger partial charge is 0.343 e. The summed E-state index contributed by atoms with van der Waals surface area (Å²) in [4.78, 5) is 0. The highest BCUT2D eigenvalue weighted by Gasteiger charge is 2.55. The van der Waals surface area contributed by atoms with Crippen LogP contribution in [0.5, 0.6) is 0 Å². The number of rotatable bonds is 0. The third kappa shape index (κ3) is 2.62. The fraction of sp³-hybridized carbons (Fsp3) is 0.0556. The van der Waals surface area contributed by atoms with Crippen LogP contribution in [-0.4, -0.2) is 12.6 Å². The van der Waals surface area contributed by atoms with E-state index in [2.05, 4.69) is 155 Å². The number of pyridine rings is 2. The lowest BCUT2D eigenvalue weighted by atomic mass is 9.23. The number of fused-ring (bicyclic) bond motifs is 14. The van der Waals surface area contributed by atoms with Crippen LogP contribution in [0.3, 0.4) is 0 Å². The van der Waals surface area contributed by atoms with E-state index in [-0.39, 0.29) is 0 Å². The van der Waals surface area contributed by atoms with Crippen molar-refractivity contribution in [1.82, 2.24) is 0 Å². The van der Waals surface area contributed by atoms with Gasteiger partial charge in [0.1, 0.15) is 23.8 Å². The number of nitrogens with zero attached hydrogens (tertiary/aromatic N) is 2. The third-order valence-corrected chi connectivity index (χ3v) is 10.4. The molecule has 0 N–H and O–H groups in total. The van der Waals surface area contributed by atoms with Gasteiger partial charge in [-0.2, -0.15) is 0 Å². The Morgan fingerprint density at radius 1 is 0.350 bits per heavy atom. The fourth-order valence-corrected chi connectivity index (χ4v) is 9.00. The van der Waals surface area contributed by atoms with Gasteiger partial charge in [-0.15, -0.1) is 21.9 Å². The van der Waals surface area contributed by atoms with Crippen LogP contribution in [0.25, 0.3) is 22.3 Å². The van der Waals surface area contributed by atoms with Gasteiger partial charge >= 0.3 is 12.6 Å². The van der Waals surface area contributed by atoms with Crippen molar-refractivity contribution in [3.8, 4) is 22.3 Å². The zero-order valence-electron chi connectivity index (χ0n) is 22.3. The summed E-state index contributed by atoms with van der Waals surface area (Å²) in [5.74, 6) is 0. The van der Waals surface area contributed by atoms with Crippen molar-refractivity contribution < 1.29 is 8.96 Å². The Hall–Kier alpha value is -4.69. The van der Waals surface area contributed by atoms with E-state index in [1.54, 1.807) is 0 Å². The molecule has 0 amide bonds. The van der Waals surface area contributed by atoms with E-state index in [4.69, 9.17) is 0 Å². The molecule has 0 radical (unpaired) electrons. The number of benzene rings is 4. The number of hydrogen-bond acceptors (Lipinski definition) is 0. The van der Waals surface area contributed by atoms with Gasteiger partial charge < -0.3 is 8.96 Å². The summed E-state index contributed by atoms with van der Waals surface area (Å²) in [5.41, 5.74) is 14.1. The predicted molar refractivity (Wildman–Crippen MR) is 165 cm³/mol. The molecule has 0 saturated carbocycles. The largest absolute Gasteiger partial charge is 0.418 e. The topological polar surface area (TPSA) is 7.76 Å². The Labute approximate surface area is 235 Å². The van der Waals surface area contributed by atoms with Gasteiger partial charge in [0.2, 0.25) is 0 Å². The molecule has 9 rings (SSSR count). The van der Waals surface area contributed by atoms with Crippen LogP contribution in [-0.2, 0) is 12.6 Å². The first kappa shape index (κ1) is 22.2. The molecule has 0 unspecified atom stereocenters.